The Kier molecular flexibility index (Phi) is 6.39. The van der Waals surface area contributed by atoms with Crippen LogP contribution in [0.4, 0.5) is 5.88 Å². The molecule has 0 aliphatic rings. The fraction of sp³-hybridized carbons (Fsp3) is 0.412. The maximum Gasteiger partial charge on any atom is 0.240 e. The van der Waals surface area contributed by atoms with Gasteiger partial charge in [-0.25, -0.2) is 0 Å². The van der Waals surface area contributed by atoms with E-state index in [-0.39, 0.29) is 18.4 Å². The summed E-state index contributed by atoms with van der Waals surface area (Å²) in [6.45, 7) is 4.85. The van der Waals surface area contributed by atoms with E-state index in [1.165, 1.54) is 0 Å². The molecule has 24 heavy (non-hydrogen) atoms. The Morgan fingerprint density at radius 3 is 2.79 bits per heavy atom. The Balaban J connectivity index is 1.92. The molecule has 0 saturated carbocycles. The van der Waals surface area contributed by atoms with E-state index in [9.17, 15) is 4.79 Å². The van der Waals surface area contributed by atoms with E-state index >= 15 is 0 Å². The average Bonchev–Trinajstić information content (AvgIpc) is 2.95. The van der Waals surface area contributed by atoms with Crippen LogP contribution in [-0.4, -0.2) is 36.7 Å². The molecular formula is C17H22BrN3O3. The third-order valence-electron chi connectivity index (χ3n) is 3.48. The second-order valence-electron chi connectivity index (χ2n) is 5.95. The minimum absolute atomic E-state index is 0.155. The zero-order chi connectivity index (χ0) is 17.7. The summed E-state index contributed by atoms with van der Waals surface area (Å²) in [5.74, 6) is 1.27. The summed E-state index contributed by atoms with van der Waals surface area (Å²) in [5.41, 5.74) is 1.82. The molecule has 1 N–H and O–H groups in total. The maximum atomic E-state index is 12.1. The largest absolute Gasteiger partial charge is 0.496 e. The molecule has 1 aromatic carbocycles. The van der Waals surface area contributed by atoms with Crippen molar-refractivity contribution in [1.82, 2.24) is 10.1 Å². The molecule has 0 bridgehead atoms. The molecule has 130 valence electrons. The van der Waals surface area contributed by atoms with Crippen LogP contribution in [0.15, 0.2) is 33.3 Å². The zero-order valence-corrected chi connectivity index (χ0v) is 15.9. The fourth-order valence-electron chi connectivity index (χ4n) is 2.26. The summed E-state index contributed by atoms with van der Waals surface area (Å²) in [5, 5.41) is 6.65. The van der Waals surface area contributed by atoms with Gasteiger partial charge in [0.05, 0.1) is 19.3 Å². The van der Waals surface area contributed by atoms with Crippen LogP contribution in [0.1, 0.15) is 31.0 Å². The van der Waals surface area contributed by atoms with E-state index in [0.717, 1.165) is 21.5 Å². The Morgan fingerprint density at radius 2 is 2.17 bits per heavy atom. The van der Waals surface area contributed by atoms with Crippen LogP contribution in [0.5, 0.6) is 5.75 Å². The highest BCUT2D eigenvalue weighted by molar-refractivity contribution is 9.10. The van der Waals surface area contributed by atoms with Crippen LogP contribution in [0.3, 0.4) is 0 Å². The summed E-state index contributed by atoms with van der Waals surface area (Å²) in [4.78, 5) is 14.0. The molecule has 0 aliphatic heterocycles. The molecule has 1 amide bonds. The van der Waals surface area contributed by atoms with Gasteiger partial charge in [-0.3, -0.25) is 15.0 Å². The number of benzene rings is 1. The number of aromatic nitrogens is 1. The van der Waals surface area contributed by atoms with E-state index in [1.54, 1.807) is 13.2 Å². The molecule has 1 heterocycles. The number of carbonyl (C=O) groups excluding carboxylic acids is 1. The predicted molar refractivity (Wildman–Crippen MR) is 96.2 cm³/mol. The minimum Gasteiger partial charge on any atom is -0.496 e. The van der Waals surface area contributed by atoms with Gasteiger partial charge in [0.15, 0.2) is 0 Å². The van der Waals surface area contributed by atoms with Gasteiger partial charge in [0.25, 0.3) is 0 Å². The summed E-state index contributed by atoms with van der Waals surface area (Å²) >= 11 is 3.45. The number of methoxy groups -OCH3 is 1. The van der Waals surface area contributed by atoms with Crippen LogP contribution >= 0.6 is 15.9 Å². The van der Waals surface area contributed by atoms with E-state index in [2.05, 4.69) is 26.4 Å². The monoisotopic (exact) mass is 395 g/mol. The molecule has 2 rings (SSSR count). The minimum atomic E-state index is -0.155. The summed E-state index contributed by atoms with van der Waals surface area (Å²) < 4.78 is 11.4. The standard InChI is InChI=1S/C17H22BrN3O3/c1-11(2)14-8-17(24-20-14)19-16(22)10-21(3)9-12-7-13(18)5-6-15(12)23-4/h5-8,11H,9-10H2,1-4H3,(H,19,22). The quantitative estimate of drug-likeness (QED) is 0.774. The number of amides is 1. The van der Waals surface area contributed by atoms with Crippen LogP contribution < -0.4 is 10.1 Å². The number of nitrogens with zero attached hydrogens (tertiary/aromatic N) is 2. The highest BCUT2D eigenvalue weighted by Crippen LogP contribution is 2.24. The lowest BCUT2D eigenvalue weighted by atomic mass is 10.1. The van der Waals surface area contributed by atoms with Gasteiger partial charge in [0.2, 0.25) is 11.8 Å². The molecule has 0 radical (unpaired) electrons. The van der Waals surface area contributed by atoms with E-state index < -0.39 is 0 Å². The third kappa shape index (κ3) is 5.07. The van der Waals surface area contributed by atoms with Crippen molar-refractivity contribution in [3.63, 3.8) is 0 Å². The van der Waals surface area contributed by atoms with Gasteiger partial charge >= 0.3 is 0 Å². The second kappa shape index (κ2) is 8.30. The number of hydrogen-bond donors (Lipinski definition) is 1. The molecular weight excluding hydrogens is 374 g/mol. The van der Waals surface area contributed by atoms with Crippen molar-refractivity contribution in [2.24, 2.45) is 0 Å². The normalized spacial score (nSPS) is 11.1. The van der Waals surface area contributed by atoms with Gasteiger partial charge in [-0.1, -0.05) is 34.9 Å². The van der Waals surface area contributed by atoms with Crippen LogP contribution in [0, 0.1) is 0 Å². The van der Waals surface area contributed by atoms with Gasteiger partial charge in [-0.05, 0) is 31.2 Å². The topological polar surface area (TPSA) is 67.6 Å². The van der Waals surface area contributed by atoms with Crippen molar-refractivity contribution in [2.75, 3.05) is 26.0 Å². The molecule has 2 aromatic rings. The Bertz CT molecular complexity index is 700. The smallest absolute Gasteiger partial charge is 0.240 e. The summed E-state index contributed by atoms with van der Waals surface area (Å²) in [7, 11) is 3.51. The highest BCUT2D eigenvalue weighted by Gasteiger charge is 2.13. The summed E-state index contributed by atoms with van der Waals surface area (Å²) in [6, 6.07) is 7.55. The first kappa shape index (κ1) is 18.5. The van der Waals surface area contributed by atoms with Crippen molar-refractivity contribution in [2.45, 2.75) is 26.3 Å². The second-order valence-corrected chi connectivity index (χ2v) is 6.86. The van der Waals surface area contributed by atoms with Crippen molar-refractivity contribution in [3.05, 3.63) is 40.0 Å². The van der Waals surface area contributed by atoms with Crippen LogP contribution in [-0.2, 0) is 11.3 Å². The van der Waals surface area contributed by atoms with Crippen molar-refractivity contribution < 1.29 is 14.1 Å². The Labute approximate surface area is 150 Å². The maximum absolute atomic E-state index is 12.1. The van der Waals surface area contributed by atoms with Crippen molar-refractivity contribution in [3.8, 4) is 5.75 Å². The SMILES string of the molecule is COc1ccc(Br)cc1CN(C)CC(=O)Nc1cc(C(C)C)no1. The van der Waals surface area contributed by atoms with E-state index in [4.69, 9.17) is 9.26 Å². The van der Waals surface area contributed by atoms with Crippen LogP contribution in [0.2, 0.25) is 0 Å². The van der Waals surface area contributed by atoms with Gasteiger partial charge in [-0.2, -0.15) is 0 Å². The molecule has 7 heteroatoms. The molecule has 0 unspecified atom stereocenters. The number of carbonyl (C=O) groups is 1. The lowest BCUT2D eigenvalue weighted by Crippen LogP contribution is -2.29. The van der Waals surface area contributed by atoms with Gasteiger partial charge < -0.3 is 9.26 Å². The van der Waals surface area contributed by atoms with Gasteiger partial charge in [0, 0.05) is 22.6 Å². The van der Waals surface area contributed by atoms with Crippen molar-refractivity contribution in [1.29, 1.82) is 0 Å². The first-order valence-corrected chi connectivity index (χ1v) is 8.45. The zero-order valence-electron chi connectivity index (χ0n) is 14.3. The predicted octanol–water partition coefficient (Wildman–Crippen LogP) is 3.64. The lowest BCUT2D eigenvalue weighted by Gasteiger charge is -2.17. The molecule has 1 aromatic heterocycles. The van der Waals surface area contributed by atoms with Gasteiger partial charge in [0.1, 0.15) is 5.75 Å². The number of likely N-dealkylation sites (N-methyl/N-ethyl adjacent to an activating group) is 1. The Morgan fingerprint density at radius 1 is 1.42 bits per heavy atom. The first-order chi connectivity index (χ1) is 11.4. The number of halogens is 1. The average molecular weight is 396 g/mol. The third-order valence-corrected chi connectivity index (χ3v) is 3.97. The highest BCUT2D eigenvalue weighted by atomic mass is 79.9. The number of rotatable bonds is 7. The van der Waals surface area contributed by atoms with Gasteiger partial charge in [-0.15, -0.1) is 0 Å². The number of nitrogens with one attached hydrogen (secondary N) is 1. The van der Waals surface area contributed by atoms with E-state index in [0.29, 0.717) is 12.4 Å². The first-order valence-electron chi connectivity index (χ1n) is 7.66. The molecule has 0 spiro atoms. The summed E-state index contributed by atoms with van der Waals surface area (Å²) in [6.07, 6.45) is 0. The Hall–Kier alpha value is -1.86. The number of hydrogen-bond acceptors (Lipinski definition) is 5. The fourth-order valence-corrected chi connectivity index (χ4v) is 2.67. The van der Waals surface area contributed by atoms with E-state index in [1.807, 2.05) is 44.0 Å². The molecule has 0 saturated heterocycles. The molecule has 0 fully saturated rings. The molecule has 0 atom stereocenters. The number of anilines is 1. The number of ether oxygens (including phenoxy) is 1. The lowest BCUT2D eigenvalue weighted by molar-refractivity contribution is -0.117. The van der Waals surface area contributed by atoms with Crippen molar-refractivity contribution >= 4 is 27.7 Å². The molecule has 6 nitrogen and oxygen atoms in total. The molecule has 0 aliphatic carbocycles. The van der Waals surface area contributed by atoms with Crippen LogP contribution in [0.25, 0.3) is 0 Å².